The first-order valence-corrected chi connectivity index (χ1v) is 5.35. The molecular formula is C10H20F2N2O2. The number of alkyl halides is 2. The summed E-state index contributed by atoms with van der Waals surface area (Å²) >= 11 is 0. The fraction of sp³-hybridized carbons (Fsp3) is 0.900. The van der Waals surface area contributed by atoms with Gasteiger partial charge in [-0.05, 0) is 20.3 Å². The number of hydrogen-bond acceptors (Lipinski definition) is 3. The second kappa shape index (κ2) is 6.75. The van der Waals surface area contributed by atoms with Crippen LogP contribution in [0.3, 0.4) is 0 Å². The summed E-state index contributed by atoms with van der Waals surface area (Å²) < 4.78 is 25.3. The molecule has 0 saturated carbocycles. The molecule has 96 valence electrons. The first-order chi connectivity index (χ1) is 7.32. The third-order valence-electron chi connectivity index (χ3n) is 2.29. The zero-order valence-electron chi connectivity index (χ0n) is 9.89. The summed E-state index contributed by atoms with van der Waals surface area (Å²) in [5.74, 6) is -3.51. The largest absolute Gasteiger partial charge is 0.390 e. The molecule has 6 heteroatoms. The molecule has 0 fully saturated rings. The van der Waals surface area contributed by atoms with Gasteiger partial charge in [-0.25, -0.2) is 8.78 Å². The summed E-state index contributed by atoms with van der Waals surface area (Å²) in [6.07, 6.45) is 0.783. The van der Waals surface area contributed by atoms with Crippen LogP contribution in [-0.2, 0) is 4.79 Å². The highest BCUT2D eigenvalue weighted by Gasteiger charge is 2.28. The first-order valence-electron chi connectivity index (χ1n) is 5.35. The van der Waals surface area contributed by atoms with Gasteiger partial charge in [0.05, 0.1) is 12.6 Å². The van der Waals surface area contributed by atoms with Crippen LogP contribution in [0.2, 0.25) is 0 Å². The van der Waals surface area contributed by atoms with E-state index >= 15 is 0 Å². The molecule has 2 atom stereocenters. The molecule has 4 nitrogen and oxygen atoms in total. The van der Waals surface area contributed by atoms with Crippen molar-refractivity contribution in [3.63, 3.8) is 0 Å². The van der Waals surface area contributed by atoms with E-state index in [9.17, 15) is 13.6 Å². The van der Waals surface area contributed by atoms with Gasteiger partial charge in [0.15, 0.2) is 0 Å². The Labute approximate surface area is 94.4 Å². The van der Waals surface area contributed by atoms with Crippen LogP contribution in [0, 0.1) is 0 Å². The second-order valence-electron chi connectivity index (χ2n) is 3.93. The lowest BCUT2D eigenvalue weighted by atomic mass is 10.2. The summed E-state index contributed by atoms with van der Waals surface area (Å²) in [4.78, 5) is 11.4. The van der Waals surface area contributed by atoms with Crippen LogP contribution in [0.25, 0.3) is 0 Å². The highest BCUT2D eigenvalue weighted by atomic mass is 19.3. The molecule has 0 saturated heterocycles. The van der Waals surface area contributed by atoms with Gasteiger partial charge in [0, 0.05) is 6.04 Å². The van der Waals surface area contributed by atoms with Gasteiger partial charge in [-0.3, -0.25) is 4.79 Å². The van der Waals surface area contributed by atoms with Crippen molar-refractivity contribution in [1.29, 1.82) is 0 Å². The molecule has 0 spiro atoms. The molecule has 0 aliphatic heterocycles. The molecule has 0 rings (SSSR count). The second-order valence-corrected chi connectivity index (χ2v) is 3.93. The molecule has 0 radical (unpaired) electrons. The van der Waals surface area contributed by atoms with E-state index in [1.165, 1.54) is 6.92 Å². The van der Waals surface area contributed by atoms with Gasteiger partial charge < -0.3 is 15.7 Å². The number of nitrogens with one attached hydrogen (secondary N) is 2. The Balaban J connectivity index is 3.97. The van der Waals surface area contributed by atoms with Crippen molar-refractivity contribution < 1.29 is 18.7 Å². The summed E-state index contributed by atoms with van der Waals surface area (Å²) in [5, 5.41) is 13.4. The number of carbonyl (C=O) groups is 1. The zero-order valence-corrected chi connectivity index (χ0v) is 9.89. The maximum atomic E-state index is 12.7. The Morgan fingerprint density at radius 1 is 1.44 bits per heavy atom. The minimum absolute atomic E-state index is 0.0232. The number of aliphatic hydroxyl groups is 1. The number of hydrogen-bond donors (Lipinski definition) is 3. The van der Waals surface area contributed by atoms with Crippen molar-refractivity contribution in [3.8, 4) is 0 Å². The van der Waals surface area contributed by atoms with Crippen molar-refractivity contribution in [2.24, 2.45) is 0 Å². The van der Waals surface area contributed by atoms with Gasteiger partial charge in [0.1, 0.15) is 6.61 Å². The molecule has 0 aliphatic rings. The van der Waals surface area contributed by atoms with Crippen LogP contribution in [0.1, 0.15) is 27.2 Å². The van der Waals surface area contributed by atoms with Crippen molar-refractivity contribution in [3.05, 3.63) is 0 Å². The number of halogens is 2. The molecule has 0 bridgehead atoms. The lowest BCUT2D eigenvalue weighted by molar-refractivity contribution is -0.124. The molecule has 0 aromatic heterocycles. The van der Waals surface area contributed by atoms with Gasteiger partial charge in [0.25, 0.3) is 5.92 Å². The van der Waals surface area contributed by atoms with Crippen LogP contribution in [0.4, 0.5) is 8.78 Å². The van der Waals surface area contributed by atoms with E-state index in [0.717, 1.165) is 6.42 Å². The molecule has 0 heterocycles. The summed E-state index contributed by atoms with van der Waals surface area (Å²) in [6.45, 7) is 3.33. The molecule has 0 aromatic rings. The monoisotopic (exact) mass is 238 g/mol. The molecule has 0 aliphatic carbocycles. The minimum Gasteiger partial charge on any atom is -0.390 e. The third-order valence-corrected chi connectivity index (χ3v) is 2.29. The van der Waals surface area contributed by atoms with Gasteiger partial charge in [-0.1, -0.05) is 6.92 Å². The Morgan fingerprint density at radius 3 is 2.44 bits per heavy atom. The van der Waals surface area contributed by atoms with Gasteiger partial charge >= 0.3 is 0 Å². The molecular weight excluding hydrogens is 218 g/mol. The lowest BCUT2D eigenvalue weighted by Crippen LogP contribution is -2.49. The lowest BCUT2D eigenvalue weighted by Gasteiger charge is -2.20. The predicted octanol–water partition coefficient (Wildman–Crippen LogP) is 0.507. The maximum Gasteiger partial charge on any atom is 0.282 e. The SMILES string of the molecule is CCC(C)NC(=O)C(C)NCC(F)(F)CO. The van der Waals surface area contributed by atoms with Crippen molar-refractivity contribution in [1.82, 2.24) is 10.6 Å². The fourth-order valence-electron chi connectivity index (χ4n) is 0.921. The Hall–Kier alpha value is -0.750. The van der Waals surface area contributed by atoms with Gasteiger partial charge in [-0.2, -0.15) is 0 Å². The Kier molecular flexibility index (Phi) is 6.43. The average Bonchev–Trinajstić information content (AvgIpc) is 2.25. The highest BCUT2D eigenvalue weighted by molar-refractivity contribution is 5.81. The summed E-state index contributed by atoms with van der Waals surface area (Å²) in [7, 11) is 0. The summed E-state index contributed by atoms with van der Waals surface area (Å²) in [5.41, 5.74) is 0. The van der Waals surface area contributed by atoms with Crippen LogP contribution in [0.5, 0.6) is 0 Å². The van der Waals surface area contributed by atoms with Crippen molar-refractivity contribution >= 4 is 5.91 Å². The normalized spacial score (nSPS) is 15.6. The van der Waals surface area contributed by atoms with Crippen LogP contribution in [0.15, 0.2) is 0 Å². The van der Waals surface area contributed by atoms with Crippen molar-refractivity contribution in [2.45, 2.75) is 45.2 Å². The summed E-state index contributed by atoms with van der Waals surface area (Å²) in [6, 6.07) is -0.679. The first kappa shape index (κ1) is 15.2. The van der Waals surface area contributed by atoms with E-state index in [1.807, 2.05) is 13.8 Å². The van der Waals surface area contributed by atoms with Crippen molar-refractivity contribution in [2.75, 3.05) is 13.2 Å². The molecule has 2 unspecified atom stereocenters. The number of amides is 1. The molecule has 1 amide bonds. The standard InChI is InChI=1S/C10H20F2N2O2/c1-4-7(2)14-9(16)8(3)13-5-10(11,12)6-15/h7-8,13,15H,4-6H2,1-3H3,(H,14,16). The molecule has 16 heavy (non-hydrogen) atoms. The Bertz CT molecular complexity index is 225. The van der Waals surface area contributed by atoms with E-state index in [-0.39, 0.29) is 11.9 Å². The van der Waals surface area contributed by atoms with Gasteiger partial charge in [-0.15, -0.1) is 0 Å². The highest BCUT2D eigenvalue weighted by Crippen LogP contribution is 2.10. The third kappa shape index (κ3) is 5.97. The maximum absolute atomic E-state index is 12.7. The van der Waals surface area contributed by atoms with E-state index in [4.69, 9.17) is 5.11 Å². The quantitative estimate of drug-likeness (QED) is 0.605. The Morgan fingerprint density at radius 2 is 2.00 bits per heavy atom. The molecule has 0 aromatic carbocycles. The fourth-order valence-corrected chi connectivity index (χ4v) is 0.921. The topological polar surface area (TPSA) is 61.4 Å². The smallest absolute Gasteiger partial charge is 0.282 e. The van der Waals surface area contributed by atoms with E-state index < -0.39 is 25.1 Å². The average molecular weight is 238 g/mol. The van der Waals surface area contributed by atoms with Crippen LogP contribution in [-0.4, -0.2) is 42.2 Å². The zero-order chi connectivity index (χ0) is 12.8. The van der Waals surface area contributed by atoms with E-state index in [0.29, 0.717) is 0 Å². The molecule has 3 N–H and O–H groups in total. The van der Waals surface area contributed by atoms with E-state index in [2.05, 4.69) is 10.6 Å². The van der Waals surface area contributed by atoms with E-state index in [1.54, 1.807) is 0 Å². The number of rotatable bonds is 7. The predicted molar refractivity (Wildman–Crippen MR) is 57.4 cm³/mol. The minimum atomic E-state index is -3.19. The van der Waals surface area contributed by atoms with Crippen LogP contribution >= 0.6 is 0 Å². The van der Waals surface area contributed by atoms with Gasteiger partial charge in [0.2, 0.25) is 5.91 Å². The number of aliphatic hydroxyl groups excluding tert-OH is 1. The number of carbonyl (C=O) groups excluding carboxylic acids is 1. The van der Waals surface area contributed by atoms with Crippen LogP contribution < -0.4 is 10.6 Å².